The second kappa shape index (κ2) is 5.39. The molecular formula is C11H18N4S. The normalized spacial score (nSPS) is 24.4. The number of thioether (sulfide) groups is 1. The van der Waals surface area contributed by atoms with Crippen molar-refractivity contribution in [3.63, 3.8) is 0 Å². The quantitative estimate of drug-likeness (QED) is 0.842. The first-order valence-electron chi connectivity index (χ1n) is 5.62. The van der Waals surface area contributed by atoms with E-state index in [-0.39, 0.29) is 0 Å². The van der Waals surface area contributed by atoms with Crippen molar-refractivity contribution >= 4 is 23.4 Å². The van der Waals surface area contributed by atoms with Gasteiger partial charge in [0, 0.05) is 18.3 Å². The lowest BCUT2D eigenvalue weighted by atomic mass is 10.2. The lowest BCUT2D eigenvalue weighted by molar-refractivity contribution is 0.762. The van der Waals surface area contributed by atoms with Crippen LogP contribution < -0.4 is 10.6 Å². The van der Waals surface area contributed by atoms with E-state index in [0.29, 0.717) is 11.3 Å². The molecule has 0 aromatic carbocycles. The predicted molar refractivity (Wildman–Crippen MR) is 70.1 cm³/mol. The molecule has 2 N–H and O–H groups in total. The molecule has 1 aliphatic carbocycles. The van der Waals surface area contributed by atoms with Crippen molar-refractivity contribution in [2.24, 2.45) is 0 Å². The molecule has 1 saturated carbocycles. The Morgan fingerprint density at radius 3 is 2.88 bits per heavy atom. The van der Waals surface area contributed by atoms with Gasteiger partial charge in [0.15, 0.2) is 0 Å². The van der Waals surface area contributed by atoms with E-state index < -0.39 is 0 Å². The van der Waals surface area contributed by atoms with Gasteiger partial charge in [0.2, 0.25) is 0 Å². The second-order valence-corrected chi connectivity index (χ2v) is 5.07. The van der Waals surface area contributed by atoms with Gasteiger partial charge in [-0.1, -0.05) is 6.42 Å². The zero-order valence-electron chi connectivity index (χ0n) is 9.73. The van der Waals surface area contributed by atoms with Gasteiger partial charge in [0.1, 0.15) is 11.6 Å². The third kappa shape index (κ3) is 2.58. The highest BCUT2D eigenvalue weighted by Crippen LogP contribution is 2.30. The molecule has 0 spiro atoms. The third-order valence-electron chi connectivity index (χ3n) is 2.98. The largest absolute Gasteiger partial charge is 0.372 e. The van der Waals surface area contributed by atoms with Gasteiger partial charge in [-0.25, -0.2) is 4.98 Å². The molecule has 88 valence electrons. The molecule has 1 aliphatic rings. The third-order valence-corrected chi connectivity index (χ3v) is 4.15. The van der Waals surface area contributed by atoms with E-state index in [1.807, 2.05) is 18.8 Å². The van der Waals surface area contributed by atoms with Gasteiger partial charge in [-0.3, -0.25) is 4.98 Å². The topological polar surface area (TPSA) is 49.8 Å². The monoisotopic (exact) mass is 238 g/mol. The molecule has 1 heterocycles. The fraction of sp³-hybridized carbons (Fsp3) is 0.636. The van der Waals surface area contributed by atoms with Gasteiger partial charge < -0.3 is 10.6 Å². The molecule has 5 heteroatoms. The summed E-state index contributed by atoms with van der Waals surface area (Å²) in [7, 11) is 1.86. The van der Waals surface area contributed by atoms with Crippen molar-refractivity contribution in [2.45, 2.75) is 30.6 Å². The number of nitrogens with zero attached hydrogens (tertiary/aromatic N) is 2. The van der Waals surface area contributed by atoms with Crippen molar-refractivity contribution in [1.82, 2.24) is 9.97 Å². The molecule has 1 aromatic heterocycles. The number of hydrogen-bond donors (Lipinski definition) is 2. The molecule has 1 fully saturated rings. The molecule has 0 saturated heterocycles. The smallest absolute Gasteiger partial charge is 0.147 e. The molecule has 2 atom stereocenters. The van der Waals surface area contributed by atoms with E-state index in [1.165, 1.54) is 19.3 Å². The average Bonchev–Trinajstić information content (AvgIpc) is 2.76. The summed E-state index contributed by atoms with van der Waals surface area (Å²) in [4.78, 5) is 8.58. The second-order valence-electron chi connectivity index (χ2n) is 4.00. The minimum absolute atomic E-state index is 0.538. The first-order valence-corrected chi connectivity index (χ1v) is 6.91. The number of aromatic nitrogens is 2. The van der Waals surface area contributed by atoms with Crippen LogP contribution in [0.25, 0.3) is 0 Å². The molecule has 0 aliphatic heterocycles. The summed E-state index contributed by atoms with van der Waals surface area (Å²) in [5.41, 5.74) is 0. The Bertz CT molecular complexity index is 345. The highest BCUT2D eigenvalue weighted by Gasteiger charge is 2.26. The molecule has 2 unspecified atom stereocenters. The molecule has 1 aromatic rings. The van der Waals surface area contributed by atoms with E-state index in [9.17, 15) is 0 Å². The lowest BCUT2D eigenvalue weighted by Gasteiger charge is -2.19. The highest BCUT2D eigenvalue weighted by atomic mass is 32.2. The molecule has 4 nitrogen and oxygen atoms in total. The highest BCUT2D eigenvalue weighted by molar-refractivity contribution is 7.99. The number of hydrogen-bond acceptors (Lipinski definition) is 5. The van der Waals surface area contributed by atoms with Crippen molar-refractivity contribution in [2.75, 3.05) is 23.9 Å². The van der Waals surface area contributed by atoms with E-state index in [4.69, 9.17) is 0 Å². The molecule has 0 bridgehead atoms. The van der Waals surface area contributed by atoms with Crippen molar-refractivity contribution in [3.05, 3.63) is 12.4 Å². The van der Waals surface area contributed by atoms with Crippen LogP contribution in [0, 0.1) is 0 Å². The van der Waals surface area contributed by atoms with Crippen LogP contribution in [0.4, 0.5) is 11.6 Å². The Labute approximate surface area is 101 Å². The summed E-state index contributed by atoms with van der Waals surface area (Å²) in [5, 5.41) is 7.19. The fourth-order valence-corrected chi connectivity index (χ4v) is 3.05. The zero-order valence-corrected chi connectivity index (χ0v) is 10.5. The zero-order chi connectivity index (χ0) is 11.4. The SMILES string of the molecule is CNc1cncc(NC2CCCC2SC)n1. The number of anilines is 2. The first kappa shape index (κ1) is 11.5. The van der Waals surface area contributed by atoms with Crippen LogP contribution in [0.15, 0.2) is 12.4 Å². The minimum Gasteiger partial charge on any atom is -0.372 e. The standard InChI is InChI=1S/C11H18N4S/c1-12-10-6-13-7-11(15-10)14-8-4-3-5-9(8)16-2/h6-9H,3-5H2,1-2H3,(H2,12,14,15). The van der Waals surface area contributed by atoms with Gasteiger partial charge in [-0.15, -0.1) is 0 Å². The van der Waals surface area contributed by atoms with E-state index in [1.54, 1.807) is 12.4 Å². The van der Waals surface area contributed by atoms with Crippen molar-refractivity contribution < 1.29 is 0 Å². The van der Waals surface area contributed by atoms with Gasteiger partial charge in [-0.2, -0.15) is 11.8 Å². The lowest BCUT2D eigenvalue weighted by Crippen LogP contribution is -2.26. The summed E-state index contributed by atoms with van der Waals surface area (Å²) < 4.78 is 0. The summed E-state index contributed by atoms with van der Waals surface area (Å²) in [5.74, 6) is 1.68. The van der Waals surface area contributed by atoms with Crippen LogP contribution in [-0.4, -0.2) is 34.6 Å². The van der Waals surface area contributed by atoms with Crippen LogP contribution >= 0.6 is 11.8 Å². The molecule has 2 rings (SSSR count). The Morgan fingerprint density at radius 1 is 1.31 bits per heavy atom. The molecule has 16 heavy (non-hydrogen) atoms. The van der Waals surface area contributed by atoms with Crippen molar-refractivity contribution in [1.29, 1.82) is 0 Å². The Morgan fingerprint density at radius 2 is 2.12 bits per heavy atom. The Kier molecular flexibility index (Phi) is 3.88. The fourth-order valence-electron chi connectivity index (χ4n) is 2.12. The number of rotatable bonds is 4. The maximum atomic E-state index is 4.43. The summed E-state index contributed by atoms with van der Waals surface area (Å²) in [6.07, 6.45) is 9.54. The summed E-state index contributed by atoms with van der Waals surface area (Å²) >= 11 is 1.94. The Hall–Kier alpha value is -0.970. The van der Waals surface area contributed by atoms with Crippen LogP contribution in [0.1, 0.15) is 19.3 Å². The minimum atomic E-state index is 0.538. The molecule has 0 amide bonds. The molecule has 0 radical (unpaired) electrons. The van der Waals surface area contributed by atoms with Crippen LogP contribution in [0.5, 0.6) is 0 Å². The van der Waals surface area contributed by atoms with E-state index in [0.717, 1.165) is 11.6 Å². The van der Waals surface area contributed by atoms with Crippen LogP contribution in [-0.2, 0) is 0 Å². The number of nitrogens with one attached hydrogen (secondary N) is 2. The van der Waals surface area contributed by atoms with Crippen LogP contribution in [0.2, 0.25) is 0 Å². The van der Waals surface area contributed by atoms with Gasteiger partial charge in [0.05, 0.1) is 12.4 Å². The van der Waals surface area contributed by atoms with Gasteiger partial charge in [-0.05, 0) is 19.1 Å². The first-order chi connectivity index (χ1) is 7.83. The van der Waals surface area contributed by atoms with Crippen molar-refractivity contribution in [3.8, 4) is 0 Å². The summed E-state index contributed by atoms with van der Waals surface area (Å²) in [6, 6.07) is 0.538. The van der Waals surface area contributed by atoms with Gasteiger partial charge in [0.25, 0.3) is 0 Å². The predicted octanol–water partition coefficient (Wildman–Crippen LogP) is 2.21. The van der Waals surface area contributed by atoms with E-state index in [2.05, 4.69) is 26.9 Å². The van der Waals surface area contributed by atoms with Gasteiger partial charge >= 0.3 is 0 Å². The summed E-state index contributed by atoms with van der Waals surface area (Å²) in [6.45, 7) is 0. The maximum absolute atomic E-state index is 4.43. The van der Waals surface area contributed by atoms with E-state index >= 15 is 0 Å². The maximum Gasteiger partial charge on any atom is 0.147 e. The van der Waals surface area contributed by atoms with Crippen LogP contribution in [0.3, 0.4) is 0 Å². The molecular weight excluding hydrogens is 220 g/mol. The Balaban J connectivity index is 2.02. The average molecular weight is 238 g/mol.